The number of carbonyl (C=O) groups is 1. The van der Waals surface area contributed by atoms with Gasteiger partial charge in [0.15, 0.2) is 0 Å². The third kappa shape index (κ3) is 3.88. The van der Waals surface area contributed by atoms with Crippen LogP contribution in [-0.4, -0.2) is 48.6 Å². The van der Waals surface area contributed by atoms with Crippen LogP contribution < -0.4 is 9.64 Å². The number of pyridine rings is 1. The van der Waals surface area contributed by atoms with E-state index in [0.29, 0.717) is 43.1 Å². The first kappa shape index (κ1) is 17.6. The highest BCUT2D eigenvalue weighted by Crippen LogP contribution is 2.20. The van der Waals surface area contributed by atoms with Gasteiger partial charge in [0.05, 0.1) is 5.56 Å². The average molecular weight is 358 g/mol. The standard InChI is InChI=1S/C18H16F2N4O2/c19-18(20)26-15-5-1-3-13(11-15)17(25)24-9-7-23(8-10-24)16-14(12-21)4-2-6-22-16/h1-6,11,18H,7-10H2. The number of piperazine rings is 1. The highest BCUT2D eigenvalue weighted by atomic mass is 19.3. The lowest BCUT2D eigenvalue weighted by molar-refractivity contribution is -0.0499. The Morgan fingerprint density at radius 2 is 1.96 bits per heavy atom. The molecule has 0 spiro atoms. The molecule has 0 unspecified atom stereocenters. The molecule has 6 nitrogen and oxygen atoms in total. The molecule has 0 radical (unpaired) electrons. The van der Waals surface area contributed by atoms with Crippen LogP contribution in [0, 0.1) is 11.3 Å². The number of benzene rings is 1. The molecule has 0 saturated carbocycles. The number of anilines is 1. The summed E-state index contributed by atoms with van der Waals surface area (Å²) >= 11 is 0. The zero-order chi connectivity index (χ0) is 18.5. The van der Waals surface area contributed by atoms with Gasteiger partial charge in [-0.15, -0.1) is 0 Å². The monoisotopic (exact) mass is 358 g/mol. The molecule has 2 aromatic rings. The first-order valence-electron chi connectivity index (χ1n) is 8.02. The average Bonchev–Trinajstić information content (AvgIpc) is 2.67. The summed E-state index contributed by atoms with van der Waals surface area (Å²) in [7, 11) is 0. The molecule has 1 aromatic heterocycles. The fourth-order valence-corrected chi connectivity index (χ4v) is 2.85. The number of halogens is 2. The maximum absolute atomic E-state index is 12.6. The van der Waals surface area contributed by atoms with Crippen LogP contribution in [0.5, 0.6) is 5.75 Å². The maximum Gasteiger partial charge on any atom is 0.387 e. The molecule has 1 amide bonds. The van der Waals surface area contributed by atoms with Crippen molar-refractivity contribution in [2.75, 3.05) is 31.1 Å². The molecule has 0 aliphatic carbocycles. The van der Waals surface area contributed by atoms with Crippen LogP contribution in [0.1, 0.15) is 15.9 Å². The highest BCUT2D eigenvalue weighted by molar-refractivity contribution is 5.94. The fraction of sp³-hybridized carbons (Fsp3) is 0.278. The van der Waals surface area contributed by atoms with Crippen molar-refractivity contribution in [2.45, 2.75) is 6.61 Å². The summed E-state index contributed by atoms with van der Waals surface area (Å²) in [5.41, 5.74) is 0.788. The first-order valence-corrected chi connectivity index (χ1v) is 8.02. The number of amides is 1. The minimum atomic E-state index is -2.93. The van der Waals surface area contributed by atoms with Crippen LogP contribution in [0.15, 0.2) is 42.6 Å². The second-order valence-corrected chi connectivity index (χ2v) is 5.67. The lowest BCUT2D eigenvalue weighted by Crippen LogP contribution is -2.49. The predicted octanol–water partition coefficient (Wildman–Crippen LogP) is 2.52. The third-order valence-electron chi connectivity index (χ3n) is 4.08. The van der Waals surface area contributed by atoms with E-state index in [4.69, 9.17) is 0 Å². The van der Waals surface area contributed by atoms with Gasteiger partial charge in [0.25, 0.3) is 5.91 Å². The highest BCUT2D eigenvalue weighted by Gasteiger charge is 2.24. The molecule has 0 bridgehead atoms. The Bertz CT molecular complexity index is 830. The summed E-state index contributed by atoms with van der Waals surface area (Å²) in [5.74, 6) is 0.317. The van der Waals surface area contributed by atoms with E-state index in [2.05, 4.69) is 15.8 Å². The Labute approximate surface area is 149 Å². The van der Waals surface area contributed by atoms with Crippen molar-refractivity contribution in [3.8, 4) is 11.8 Å². The summed E-state index contributed by atoms with van der Waals surface area (Å²) in [6.07, 6.45) is 1.63. The minimum Gasteiger partial charge on any atom is -0.435 e. The van der Waals surface area contributed by atoms with Crippen LogP contribution in [-0.2, 0) is 0 Å². The van der Waals surface area contributed by atoms with Crippen molar-refractivity contribution in [2.24, 2.45) is 0 Å². The van der Waals surface area contributed by atoms with E-state index in [1.807, 2.05) is 4.90 Å². The number of alkyl halides is 2. The number of hydrogen-bond acceptors (Lipinski definition) is 5. The van der Waals surface area contributed by atoms with Crippen molar-refractivity contribution >= 4 is 11.7 Å². The largest absolute Gasteiger partial charge is 0.435 e. The SMILES string of the molecule is N#Cc1cccnc1N1CCN(C(=O)c2cccc(OC(F)F)c2)CC1. The molecule has 1 aliphatic rings. The van der Waals surface area contributed by atoms with Gasteiger partial charge in [-0.3, -0.25) is 4.79 Å². The Morgan fingerprint density at radius 3 is 2.65 bits per heavy atom. The van der Waals surface area contributed by atoms with E-state index < -0.39 is 6.61 Å². The topological polar surface area (TPSA) is 69.5 Å². The lowest BCUT2D eigenvalue weighted by Gasteiger charge is -2.35. The molecule has 0 N–H and O–H groups in total. The van der Waals surface area contributed by atoms with Crippen LogP contribution in [0.4, 0.5) is 14.6 Å². The molecular weight excluding hydrogens is 342 g/mol. The number of hydrogen-bond donors (Lipinski definition) is 0. The molecule has 134 valence electrons. The Balaban J connectivity index is 1.66. The molecule has 1 saturated heterocycles. The number of nitriles is 1. The summed E-state index contributed by atoms with van der Waals surface area (Å²) < 4.78 is 29.0. The van der Waals surface area contributed by atoms with Gasteiger partial charge >= 0.3 is 6.61 Å². The van der Waals surface area contributed by atoms with Gasteiger partial charge in [-0.25, -0.2) is 4.98 Å². The quantitative estimate of drug-likeness (QED) is 0.840. The van der Waals surface area contributed by atoms with Gasteiger partial charge in [0.2, 0.25) is 0 Å². The molecule has 1 fully saturated rings. The van der Waals surface area contributed by atoms with Crippen molar-refractivity contribution in [1.29, 1.82) is 5.26 Å². The Hall–Kier alpha value is -3.21. The van der Waals surface area contributed by atoms with Crippen LogP contribution >= 0.6 is 0 Å². The number of carbonyl (C=O) groups excluding carboxylic acids is 1. The smallest absolute Gasteiger partial charge is 0.387 e. The number of ether oxygens (including phenoxy) is 1. The van der Waals surface area contributed by atoms with Gasteiger partial charge in [0.1, 0.15) is 17.6 Å². The van der Waals surface area contributed by atoms with Gasteiger partial charge in [0, 0.05) is 37.9 Å². The molecule has 2 heterocycles. The predicted molar refractivity (Wildman–Crippen MR) is 90.1 cm³/mol. The number of rotatable bonds is 4. The second kappa shape index (κ2) is 7.78. The van der Waals surface area contributed by atoms with Crippen molar-refractivity contribution in [1.82, 2.24) is 9.88 Å². The van der Waals surface area contributed by atoms with E-state index in [0.717, 1.165) is 0 Å². The number of aromatic nitrogens is 1. The fourth-order valence-electron chi connectivity index (χ4n) is 2.85. The van der Waals surface area contributed by atoms with E-state index in [1.54, 1.807) is 29.3 Å². The van der Waals surface area contributed by atoms with Crippen LogP contribution in [0.25, 0.3) is 0 Å². The number of nitrogens with zero attached hydrogens (tertiary/aromatic N) is 4. The molecule has 0 atom stereocenters. The van der Waals surface area contributed by atoms with E-state index in [1.165, 1.54) is 18.2 Å². The summed E-state index contributed by atoms with van der Waals surface area (Å²) in [5, 5.41) is 9.18. The molecule has 8 heteroatoms. The molecule has 26 heavy (non-hydrogen) atoms. The summed E-state index contributed by atoms with van der Waals surface area (Å²) in [4.78, 5) is 20.5. The van der Waals surface area contributed by atoms with Crippen LogP contribution in [0.2, 0.25) is 0 Å². The summed E-state index contributed by atoms with van der Waals surface area (Å²) in [6, 6.07) is 11.3. The summed E-state index contributed by atoms with van der Waals surface area (Å²) in [6.45, 7) is -0.980. The van der Waals surface area contributed by atoms with E-state index >= 15 is 0 Å². The first-order chi connectivity index (χ1) is 12.6. The van der Waals surface area contributed by atoms with Gasteiger partial charge in [-0.2, -0.15) is 14.0 Å². The minimum absolute atomic E-state index is 0.0448. The van der Waals surface area contributed by atoms with Crippen LogP contribution in [0.3, 0.4) is 0 Å². The van der Waals surface area contributed by atoms with Gasteiger partial charge < -0.3 is 14.5 Å². The van der Waals surface area contributed by atoms with E-state index in [9.17, 15) is 18.8 Å². The lowest BCUT2D eigenvalue weighted by atomic mass is 10.1. The zero-order valence-corrected chi connectivity index (χ0v) is 13.8. The van der Waals surface area contributed by atoms with Crippen molar-refractivity contribution in [3.05, 3.63) is 53.7 Å². The molecule has 1 aromatic carbocycles. The Morgan fingerprint density at radius 1 is 1.19 bits per heavy atom. The van der Waals surface area contributed by atoms with E-state index in [-0.39, 0.29) is 11.7 Å². The normalized spacial score (nSPS) is 14.2. The molecule has 3 rings (SSSR count). The van der Waals surface area contributed by atoms with Gasteiger partial charge in [-0.1, -0.05) is 6.07 Å². The molecular formula is C18H16F2N4O2. The maximum atomic E-state index is 12.6. The second-order valence-electron chi connectivity index (χ2n) is 5.67. The van der Waals surface area contributed by atoms with Gasteiger partial charge in [-0.05, 0) is 30.3 Å². The van der Waals surface area contributed by atoms with Crippen molar-refractivity contribution in [3.63, 3.8) is 0 Å². The zero-order valence-electron chi connectivity index (χ0n) is 13.8. The molecule has 1 aliphatic heterocycles. The van der Waals surface area contributed by atoms with Crippen molar-refractivity contribution < 1.29 is 18.3 Å². The third-order valence-corrected chi connectivity index (χ3v) is 4.08. The Kier molecular flexibility index (Phi) is 5.27.